The van der Waals surface area contributed by atoms with Crippen LogP contribution in [0.1, 0.15) is 39.3 Å². The van der Waals surface area contributed by atoms with Gasteiger partial charge < -0.3 is 5.32 Å². The van der Waals surface area contributed by atoms with E-state index in [1.54, 1.807) is 23.5 Å². The molecule has 30 heavy (non-hydrogen) atoms. The van der Waals surface area contributed by atoms with Gasteiger partial charge in [-0.25, -0.2) is 8.42 Å². The van der Waals surface area contributed by atoms with Crippen molar-refractivity contribution in [2.24, 2.45) is 0 Å². The summed E-state index contributed by atoms with van der Waals surface area (Å²) in [4.78, 5) is 18.8. The SMILES string of the molecule is CCc1ccc(C(NC(=O)c2cccc(S(=O)(=O)N(C)OC)c2)c2cccs2)cc1. The summed E-state index contributed by atoms with van der Waals surface area (Å²) in [5.41, 5.74) is 2.44. The number of nitrogens with zero attached hydrogens (tertiary/aromatic N) is 1. The molecular formula is C22H24N2O4S2. The first-order valence-electron chi connectivity index (χ1n) is 9.43. The maximum Gasteiger partial charge on any atom is 0.264 e. The molecule has 8 heteroatoms. The molecule has 0 aliphatic carbocycles. The fourth-order valence-corrected chi connectivity index (χ4v) is 4.80. The Labute approximate surface area is 181 Å². The quantitative estimate of drug-likeness (QED) is 0.533. The van der Waals surface area contributed by atoms with Crippen LogP contribution in [0.2, 0.25) is 0 Å². The third-order valence-electron chi connectivity index (χ3n) is 4.81. The van der Waals surface area contributed by atoms with Gasteiger partial charge >= 0.3 is 0 Å². The van der Waals surface area contributed by atoms with E-state index in [-0.39, 0.29) is 22.4 Å². The van der Waals surface area contributed by atoms with Gasteiger partial charge in [-0.3, -0.25) is 9.63 Å². The Bertz CT molecular complexity index is 1090. The number of aryl methyl sites for hydroxylation is 1. The van der Waals surface area contributed by atoms with E-state index < -0.39 is 10.0 Å². The lowest BCUT2D eigenvalue weighted by molar-refractivity contribution is -0.0258. The van der Waals surface area contributed by atoms with Crippen LogP contribution in [0.25, 0.3) is 0 Å². The first-order chi connectivity index (χ1) is 14.4. The minimum Gasteiger partial charge on any atom is -0.340 e. The number of amides is 1. The van der Waals surface area contributed by atoms with Crippen molar-refractivity contribution in [2.45, 2.75) is 24.3 Å². The van der Waals surface area contributed by atoms with Gasteiger partial charge in [-0.05, 0) is 47.2 Å². The minimum absolute atomic E-state index is 0.0144. The van der Waals surface area contributed by atoms with Crippen LogP contribution in [0.15, 0.2) is 70.9 Å². The second kappa shape index (κ2) is 9.53. The molecule has 0 saturated heterocycles. The molecule has 1 N–H and O–H groups in total. The highest BCUT2D eigenvalue weighted by atomic mass is 32.2. The number of hydrogen-bond donors (Lipinski definition) is 1. The molecule has 0 fully saturated rings. The van der Waals surface area contributed by atoms with E-state index in [1.165, 1.54) is 31.9 Å². The number of thiophene rings is 1. The molecule has 0 radical (unpaired) electrons. The Morgan fingerprint density at radius 3 is 2.47 bits per heavy atom. The summed E-state index contributed by atoms with van der Waals surface area (Å²) >= 11 is 1.55. The minimum atomic E-state index is -3.84. The Balaban J connectivity index is 1.90. The van der Waals surface area contributed by atoms with Crippen molar-refractivity contribution >= 4 is 27.3 Å². The second-order valence-electron chi connectivity index (χ2n) is 6.64. The average Bonchev–Trinajstić information content (AvgIpc) is 3.31. The number of hydrogen-bond acceptors (Lipinski definition) is 5. The molecule has 158 valence electrons. The van der Waals surface area contributed by atoms with E-state index in [2.05, 4.69) is 24.4 Å². The predicted octanol–water partition coefficient (Wildman–Crippen LogP) is 4.01. The Morgan fingerprint density at radius 2 is 1.87 bits per heavy atom. The van der Waals surface area contributed by atoms with Crippen molar-refractivity contribution < 1.29 is 18.0 Å². The van der Waals surface area contributed by atoms with Crippen molar-refractivity contribution in [2.75, 3.05) is 14.2 Å². The molecule has 0 bridgehead atoms. The Kier molecular flexibility index (Phi) is 7.04. The van der Waals surface area contributed by atoms with Crippen LogP contribution in [0.5, 0.6) is 0 Å². The molecule has 1 atom stereocenters. The van der Waals surface area contributed by atoms with Crippen LogP contribution in [0, 0.1) is 0 Å². The van der Waals surface area contributed by atoms with Crippen molar-refractivity contribution in [3.8, 4) is 0 Å². The summed E-state index contributed by atoms with van der Waals surface area (Å²) in [6.45, 7) is 2.09. The highest BCUT2D eigenvalue weighted by Gasteiger charge is 2.23. The molecule has 1 aromatic heterocycles. The zero-order valence-electron chi connectivity index (χ0n) is 17.0. The van der Waals surface area contributed by atoms with E-state index in [4.69, 9.17) is 4.84 Å². The fraction of sp³-hybridized carbons (Fsp3) is 0.227. The normalized spacial score (nSPS) is 12.7. The maximum atomic E-state index is 13.0. The molecule has 1 heterocycles. The highest BCUT2D eigenvalue weighted by Crippen LogP contribution is 2.27. The van der Waals surface area contributed by atoms with E-state index in [9.17, 15) is 13.2 Å². The molecule has 0 spiro atoms. The number of sulfonamides is 1. The summed E-state index contributed by atoms with van der Waals surface area (Å²) in [5.74, 6) is -0.356. The number of rotatable bonds is 8. The van der Waals surface area contributed by atoms with Gasteiger partial charge in [-0.1, -0.05) is 47.8 Å². The van der Waals surface area contributed by atoms with E-state index in [0.29, 0.717) is 0 Å². The van der Waals surface area contributed by atoms with Crippen LogP contribution in [-0.2, 0) is 21.3 Å². The monoisotopic (exact) mass is 444 g/mol. The van der Waals surface area contributed by atoms with Crippen LogP contribution in [0.4, 0.5) is 0 Å². The molecular weight excluding hydrogens is 420 g/mol. The lowest BCUT2D eigenvalue weighted by Gasteiger charge is -2.19. The Morgan fingerprint density at radius 1 is 1.13 bits per heavy atom. The number of carbonyl (C=O) groups excluding carboxylic acids is 1. The molecule has 0 aliphatic rings. The topological polar surface area (TPSA) is 75.7 Å². The van der Waals surface area contributed by atoms with Gasteiger partial charge in [-0.2, -0.15) is 0 Å². The number of carbonyl (C=O) groups is 1. The third kappa shape index (κ3) is 4.79. The molecule has 2 aromatic carbocycles. The summed E-state index contributed by atoms with van der Waals surface area (Å²) in [7, 11) is -1.28. The van der Waals surface area contributed by atoms with Gasteiger partial charge in [0.1, 0.15) is 0 Å². The molecule has 0 aliphatic heterocycles. The smallest absolute Gasteiger partial charge is 0.264 e. The van der Waals surface area contributed by atoms with Crippen molar-refractivity contribution in [1.29, 1.82) is 0 Å². The van der Waals surface area contributed by atoms with Crippen LogP contribution < -0.4 is 5.32 Å². The molecule has 0 saturated carbocycles. The molecule has 3 aromatic rings. The van der Waals surface area contributed by atoms with Gasteiger partial charge in [0.25, 0.3) is 15.9 Å². The second-order valence-corrected chi connectivity index (χ2v) is 9.56. The number of benzene rings is 2. The lowest BCUT2D eigenvalue weighted by atomic mass is 10.0. The lowest BCUT2D eigenvalue weighted by Crippen LogP contribution is -2.29. The maximum absolute atomic E-state index is 13.0. The zero-order valence-corrected chi connectivity index (χ0v) is 18.7. The van der Waals surface area contributed by atoms with Crippen molar-refractivity contribution in [3.63, 3.8) is 0 Å². The van der Waals surface area contributed by atoms with E-state index in [0.717, 1.165) is 21.3 Å². The first-order valence-corrected chi connectivity index (χ1v) is 11.7. The summed E-state index contributed by atoms with van der Waals surface area (Å²) in [5, 5.41) is 5.00. The summed E-state index contributed by atoms with van der Waals surface area (Å²) in [6, 6.07) is 17.6. The summed E-state index contributed by atoms with van der Waals surface area (Å²) in [6.07, 6.45) is 0.938. The van der Waals surface area contributed by atoms with Crippen molar-refractivity contribution in [1.82, 2.24) is 9.79 Å². The van der Waals surface area contributed by atoms with Gasteiger partial charge in [0.15, 0.2) is 0 Å². The van der Waals surface area contributed by atoms with Crippen LogP contribution in [-0.4, -0.2) is 33.0 Å². The molecule has 6 nitrogen and oxygen atoms in total. The first kappa shape index (κ1) is 22.2. The van der Waals surface area contributed by atoms with E-state index in [1.807, 2.05) is 29.6 Å². The standard InChI is InChI=1S/C22H24N2O4S2/c1-4-16-10-12-17(13-11-16)21(20-9-6-14-29-20)23-22(25)18-7-5-8-19(15-18)30(26,27)24(2)28-3/h5-15,21H,4H2,1-3H3,(H,23,25). The van der Waals surface area contributed by atoms with Crippen LogP contribution in [0.3, 0.4) is 0 Å². The number of hydroxylamine groups is 1. The highest BCUT2D eigenvalue weighted by molar-refractivity contribution is 7.89. The number of nitrogens with one attached hydrogen (secondary N) is 1. The molecule has 1 unspecified atom stereocenters. The van der Waals surface area contributed by atoms with Crippen LogP contribution >= 0.6 is 11.3 Å². The van der Waals surface area contributed by atoms with Gasteiger partial charge in [0, 0.05) is 17.5 Å². The average molecular weight is 445 g/mol. The Hall–Kier alpha value is -2.52. The molecule has 1 amide bonds. The molecule has 3 rings (SSSR count). The van der Waals surface area contributed by atoms with Gasteiger partial charge in [0.05, 0.1) is 18.0 Å². The zero-order chi connectivity index (χ0) is 21.7. The van der Waals surface area contributed by atoms with Gasteiger partial charge in [-0.15, -0.1) is 11.3 Å². The van der Waals surface area contributed by atoms with Crippen molar-refractivity contribution in [3.05, 3.63) is 87.6 Å². The van der Waals surface area contributed by atoms with E-state index >= 15 is 0 Å². The fourth-order valence-electron chi connectivity index (χ4n) is 2.98. The van der Waals surface area contributed by atoms with Gasteiger partial charge in [0.2, 0.25) is 0 Å². The summed E-state index contributed by atoms with van der Waals surface area (Å²) < 4.78 is 25.8. The largest absolute Gasteiger partial charge is 0.340 e. The predicted molar refractivity (Wildman–Crippen MR) is 118 cm³/mol. The third-order valence-corrected chi connectivity index (χ3v) is 7.43.